The second-order valence-electron chi connectivity index (χ2n) is 4.60. The smallest absolute Gasteiger partial charge is 0.308 e. The van der Waals surface area contributed by atoms with Gasteiger partial charge in [-0.25, -0.2) is 0 Å². The molecule has 5 nitrogen and oxygen atoms in total. The molecule has 0 aromatic rings. The molecule has 4 N–H and O–H groups in total. The van der Waals surface area contributed by atoms with E-state index in [0.29, 0.717) is 0 Å². The number of carbonyl (C=O) groups is 2. The fraction of sp³-hybridized carbons (Fsp3) is 0.818. The number of nitrogens with two attached hydrogens (primary N) is 1. The molecule has 0 aliphatic rings. The molecule has 0 aromatic heterocycles. The van der Waals surface area contributed by atoms with Crippen LogP contribution in [0, 0.1) is 11.8 Å². The molecule has 0 spiro atoms. The Labute approximate surface area is 96.4 Å². The van der Waals surface area contributed by atoms with Gasteiger partial charge >= 0.3 is 5.97 Å². The highest BCUT2D eigenvalue weighted by molar-refractivity contribution is 5.78. The number of carboxylic acid groups (broad SMARTS) is 1. The van der Waals surface area contributed by atoms with E-state index in [1.807, 2.05) is 13.8 Å². The summed E-state index contributed by atoms with van der Waals surface area (Å²) in [5.41, 5.74) is 5.75. The van der Waals surface area contributed by atoms with Gasteiger partial charge in [0.15, 0.2) is 0 Å². The van der Waals surface area contributed by atoms with Crippen LogP contribution in [-0.2, 0) is 9.59 Å². The summed E-state index contributed by atoms with van der Waals surface area (Å²) < 4.78 is 0. The van der Waals surface area contributed by atoms with Crippen LogP contribution in [0.5, 0.6) is 0 Å². The van der Waals surface area contributed by atoms with E-state index in [0.717, 1.165) is 0 Å². The third-order valence-corrected chi connectivity index (χ3v) is 2.81. The van der Waals surface area contributed by atoms with Crippen molar-refractivity contribution in [1.29, 1.82) is 0 Å². The first-order valence-electron chi connectivity index (χ1n) is 5.53. The Balaban J connectivity index is 4.10. The van der Waals surface area contributed by atoms with Gasteiger partial charge in [0.25, 0.3) is 0 Å². The van der Waals surface area contributed by atoms with Crippen LogP contribution >= 0.6 is 0 Å². The van der Waals surface area contributed by atoms with E-state index >= 15 is 0 Å². The summed E-state index contributed by atoms with van der Waals surface area (Å²) in [7, 11) is 0. The van der Waals surface area contributed by atoms with Crippen LogP contribution in [0.1, 0.15) is 34.1 Å². The number of carboxylic acids is 1. The van der Waals surface area contributed by atoms with Crippen molar-refractivity contribution in [3.63, 3.8) is 0 Å². The van der Waals surface area contributed by atoms with Crippen molar-refractivity contribution < 1.29 is 14.7 Å². The second kappa shape index (κ2) is 6.48. The third kappa shape index (κ3) is 5.11. The number of amides is 1. The van der Waals surface area contributed by atoms with Gasteiger partial charge in [0.05, 0.1) is 5.92 Å². The van der Waals surface area contributed by atoms with Crippen molar-refractivity contribution in [1.82, 2.24) is 5.32 Å². The number of rotatable bonds is 6. The molecule has 0 fully saturated rings. The van der Waals surface area contributed by atoms with Crippen LogP contribution in [0.3, 0.4) is 0 Å². The van der Waals surface area contributed by atoms with E-state index in [2.05, 4.69) is 5.32 Å². The Bertz CT molecular complexity index is 254. The third-order valence-electron chi connectivity index (χ3n) is 2.81. The Morgan fingerprint density at radius 2 is 1.75 bits per heavy atom. The van der Waals surface area contributed by atoms with Crippen LogP contribution in [-0.4, -0.2) is 29.1 Å². The highest BCUT2D eigenvalue weighted by Gasteiger charge is 2.22. The zero-order valence-electron chi connectivity index (χ0n) is 10.4. The van der Waals surface area contributed by atoms with E-state index in [9.17, 15) is 9.59 Å². The minimum Gasteiger partial charge on any atom is -0.481 e. The van der Waals surface area contributed by atoms with Gasteiger partial charge in [-0.15, -0.1) is 0 Å². The van der Waals surface area contributed by atoms with E-state index in [1.54, 1.807) is 13.8 Å². The molecule has 0 saturated carbocycles. The van der Waals surface area contributed by atoms with Gasteiger partial charge in [0.1, 0.15) is 0 Å². The van der Waals surface area contributed by atoms with Gasteiger partial charge in [-0.3, -0.25) is 9.59 Å². The lowest BCUT2D eigenvalue weighted by Crippen LogP contribution is -2.43. The molecule has 0 heterocycles. The molecule has 5 heteroatoms. The summed E-state index contributed by atoms with van der Waals surface area (Å²) in [6, 6.07) is -0.573. The first-order valence-corrected chi connectivity index (χ1v) is 5.53. The van der Waals surface area contributed by atoms with Gasteiger partial charge < -0.3 is 16.2 Å². The van der Waals surface area contributed by atoms with Gasteiger partial charge in [-0.2, -0.15) is 0 Å². The summed E-state index contributed by atoms with van der Waals surface area (Å²) in [6.07, 6.45) is 0.231. The topological polar surface area (TPSA) is 92.4 Å². The predicted molar refractivity (Wildman–Crippen MR) is 61.8 cm³/mol. The molecule has 0 saturated heterocycles. The number of nitrogens with one attached hydrogen (secondary N) is 1. The molecule has 0 rings (SSSR count). The average molecular weight is 230 g/mol. The molecule has 0 bridgehead atoms. The van der Waals surface area contributed by atoms with Crippen LogP contribution in [0.15, 0.2) is 0 Å². The number of carbonyl (C=O) groups excluding carboxylic acids is 1. The van der Waals surface area contributed by atoms with E-state index in [4.69, 9.17) is 10.8 Å². The number of hydrogen-bond acceptors (Lipinski definition) is 3. The monoisotopic (exact) mass is 230 g/mol. The van der Waals surface area contributed by atoms with Crippen LogP contribution in [0.2, 0.25) is 0 Å². The standard InChI is InChI=1S/C11H22N2O3/c1-6(2)9(12)5-10(14)13-8(4)7(3)11(15)16/h6-9H,5,12H2,1-4H3,(H,13,14)(H,15,16). The molecule has 0 aromatic carbocycles. The van der Waals surface area contributed by atoms with Gasteiger partial charge in [0.2, 0.25) is 5.91 Å². The minimum atomic E-state index is -0.916. The minimum absolute atomic E-state index is 0.188. The molecule has 1 amide bonds. The Hall–Kier alpha value is -1.10. The SMILES string of the molecule is CC(C)C(N)CC(=O)NC(C)C(C)C(=O)O. The number of aliphatic carboxylic acids is 1. The molecule has 3 atom stereocenters. The molecule has 3 unspecified atom stereocenters. The molecule has 0 radical (unpaired) electrons. The van der Waals surface area contributed by atoms with Crippen LogP contribution in [0.25, 0.3) is 0 Å². The van der Waals surface area contributed by atoms with E-state index in [-0.39, 0.29) is 30.3 Å². The first-order chi connectivity index (χ1) is 7.25. The summed E-state index contributed by atoms with van der Waals surface area (Å²) >= 11 is 0. The fourth-order valence-electron chi connectivity index (χ4n) is 1.10. The van der Waals surface area contributed by atoms with E-state index < -0.39 is 11.9 Å². The van der Waals surface area contributed by atoms with Gasteiger partial charge in [-0.05, 0) is 19.8 Å². The van der Waals surface area contributed by atoms with Crippen molar-refractivity contribution in [2.75, 3.05) is 0 Å². The molecule has 94 valence electrons. The van der Waals surface area contributed by atoms with Crippen LogP contribution < -0.4 is 11.1 Å². The predicted octanol–water partition coefficient (Wildman–Crippen LogP) is 0.585. The molecule has 16 heavy (non-hydrogen) atoms. The molecular weight excluding hydrogens is 208 g/mol. The lowest BCUT2D eigenvalue weighted by atomic mass is 10.0. The summed E-state index contributed by atoms with van der Waals surface area (Å²) in [5.74, 6) is -1.47. The maximum absolute atomic E-state index is 11.5. The lowest BCUT2D eigenvalue weighted by Gasteiger charge is -2.20. The maximum Gasteiger partial charge on any atom is 0.308 e. The number of hydrogen-bond donors (Lipinski definition) is 3. The van der Waals surface area contributed by atoms with Crippen molar-refractivity contribution >= 4 is 11.9 Å². The van der Waals surface area contributed by atoms with Crippen LogP contribution in [0.4, 0.5) is 0 Å². The quantitative estimate of drug-likeness (QED) is 0.622. The Morgan fingerprint density at radius 3 is 2.12 bits per heavy atom. The Kier molecular flexibility index (Phi) is 6.03. The largest absolute Gasteiger partial charge is 0.481 e. The normalized spacial score (nSPS) is 16.6. The van der Waals surface area contributed by atoms with Crippen molar-refractivity contribution in [2.24, 2.45) is 17.6 Å². The lowest BCUT2D eigenvalue weighted by molar-refractivity contribution is -0.142. The van der Waals surface area contributed by atoms with Crippen molar-refractivity contribution in [3.8, 4) is 0 Å². The summed E-state index contributed by atoms with van der Waals surface area (Å²) in [5, 5.41) is 11.4. The maximum atomic E-state index is 11.5. The zero-order valence-corrected chi connectivity index (χ0v) is 10.4. The van der Waals surface area contributed by atoms with Gasteiger partial charge in [0, 0.05) is 18.5 Å². The molecular formula is C11H22N2O3. The summed E-state index contributed by atoms with van der Waals surface area (Å²) in [4.78, 5) is 22.2. The summed E-state index contributed by atoms with van der Waals surface area (Å²) in [6.45, 7) is 7.13. The highest BCUT2D eigenvalue weighted by Crippen LogP contribution is 2.05. The molecule has 0 aliphatic carbocycles. The van der Waals surface area contributed by atoms with E-state index in [1.165, 1.54) is 0 Å². The first kappa shape index (κ1) is 14.9. The van der Waals surface area contributed by atoms with Gasteiger partial charge in [-0.1, -0.05) is 13.8 Å². The fourth-order valence-corrected chi connectivity index (χ4v) is 1.10. The second-order valence-corrected chi connectivity index (χ2v) is 4.60. The van der Waals surface area contributed by atoms with Crippen molar-refractivity contribution in [2.45, 2.75) is 46.2 Å². The van der Waals surface area contributed by atoms with Crippen molar-refractivity contribution in [3.05, 3.63) is 0 Å². The zero-order chi connectivity index (χ0) is 12.9. The Morgan fingerprint density at radius 1 is 1.25 bits per heavy atom. The highest BCUT2D eigenvalue weighted by atomic mass is 16.4. The average Bonchev–Trinajstić information content (AvgIpc) is 2.15. The molecule has 0 aliphatic heterocycles.